The molecule has 0 aliphatic rings. The smallest absolute Gasteiger partial charge is 0.124 e. The molecule has 0 aliphatic heterocycles. The predicted molar refractivity (Wildman–Crippen MR) is 59.2 cm³/mol. The molecule has 15 heavy (non-hydrogen) atoms. The third-order valence-electron chi connectivity index (χ3n) is 1.79. The molecular weight excluding hydrogens is 213 g/mol. The molecule has 0 radical (unpaired) electrons. The summed E-state index contributed by atoms with van der Waals surface area (Å²) in [6.07, 6.45) is 0. The monoisotopic (exact) mass is 225 g/mol. The maximum Gasteiger partial charge on any atom is 0.124 e. The Hall–Kier alpha value is -1.05. The van der Waals surface area contributed by atoms with E-state index in [1.807, 2.05) is 6.07 Å². The van der Waals surface area contributed by atoms with Crippen LogP contribution in [0.4, 0.5) is 4.39 Å². The van der Waals surface area contributed by atoms with Gasteiger partial charge in [-0.05, 0) is 23.8 Å². The average Bonchev–Trinajstić information content (AvgIpc) is 2.23. The predicted octanol–water partition coefficient (Wildman–Crippen LogP) is 2.58. The van der Waals surface area contributed by atoms with Crippen molar-refractivity contribution in [3.63, 3.8) is 0 Å². The van der Waals surface area contributed by atoms with Gasteiger partial charge >= 0.3 is 0 Å². The summed E-state index contributed by atoms with van der Waals surface area (Å²) in [4.78, 5) is 0. The van der Waals surface area contributed by atoms with Crippen molar-refractivity contribution in [1.82, 2.24) is 0 Å². The first kappa shape index (κ1) is 12.0. The topological polar surface area (TPSA) is 33.0 Å². The average molecular weight is 225 g/mol. The van der Waals surface area contributed by atoms with E-state index in [1.54, 1.807) is 24.9 Å². The summed E-state index contributed by atoms with van der Waals surface area (Å²) < 4.78 is 17.9. The van der Waals surface area contributed by atoms with Crippen LogP contribution in [0.25, 0.3) is 0 Å². The molecule has 2 nitrogen and oxygen atoms in total. The number of rotatable bonds is 5. The third-order valence-corrected chi connectivity index (χ3v) is 2.78. The minimum atomic E-state index is -0.351. The number of ether oxygens (including phenoxy) is 1. The lowest BCUT2D eigenvalue weighted by Gasteiger charge is -2.02. The molecular formula is C11H12FNOS. The first-order valence-corrected chi connectivity index (χ1v) is 5.68. The van der Waals surface area contributed by atoms with Gasteiger partial charge in [-0.1, -0.05) is 0 Å². The van der Waals surface area contributed by atoms with Gasteiger partial charge in [-0.3, -0.25) is 0 Å². The quantitative estimate of drug-likeness (QED) is 0.722. The summed E-state index contributed by atoms with van der Waals surface area (Å²) in [5.74, 6) is 1.22. The van der Waals surface area contributed by atoms with Crippen molar-refractivity contribution in [3.8, 4) is 6.07 Å². The van der Waals surface area contributed by atoms with Crippen molar-refractivity contribution in [2.45, 2.75) is 5.75 Å². The van der Waals surface area contributed by atoms with E-state index >= 15 is 0 Å². The van der Waals surface area contributed by atoms with E-state index in [2.05, 4.69) is 0 Å². The van der Waals surface area contributed by atoms with Crippen LogP contribution in [0.15, 0.2) is 18.2 Å². The summed E-state index contributed by atoms with van der Waals surface area (Å²) in [5, 5.41) is 8.65. The van der Waals surface area contributed by atoms with Gasteiger partial charge in [-0.15, -0.1) is 0 Å². The van der Waals surface area contributed by atoms with Crippen LogP contribution in [0.5, 0.6) is 0 Å². The van der Waals surface area contributed by atoms with Gasteiger partial charge < -0.3 is 4.74 Å². The molecule has 0 unspecified atom stereocenters. The normalized spacial score (nSPS) is 9.93. The second-order valence-electron chi connectivity index (χ2n) is 3.01. The van der Waals surface area contributed by atoms with E-state index in [4.69, 9.17) is 10.00 Å². The van der Waals surface area contributed by atoms with E-state index in [-0.39, 0.29) is 5.82 Å². The molecule has 80 valence electrons. The fourth-order valence-corrected chi connectivity index (χ4v) is 1.96. The number of methoxy groups -OCH3 is 1. The number of nitriles is 1. The summed E-state index contributed by atoms with van der Waals surface area (Å²) in [6.45, 7) is 0.686. The zero-order valence-corrected chi connectivity index (χ0v) is 9.31. The van der Waals surface area contributed by atoms with Crippen LogP contribution >= 0.6 is 11.8 Å². The molecule has 0 fully saturated rings. The van der Waals surface area contributed by atoms with Crippen LogP contribution < -0.4 is 0 Å². The van der Waals surface area contributed by atoms with E-state index in [0.29, 0.717) is 17.9 Å². The zero-order valence-electron chi connectivity index (χ0n) is 8.50. The van der Waals surface area contributed by atoms with E-state index in [1.165, 1.54) is 12.1 Å². The molecule has 1 aromatic carbocycles. The largest absolute Gasteiger partial charge is 0.384 e. The Morgan fingerprint density at radius 3 is 2.93 bits per heavy atom. The van der Waals surface area contributed by atoms with Gasteiger partial charge in [0.15, 0.2) is 0 Å². The molecule has 0 aliphatic carbocycles. The maximum atomic E-state index is 13.0. The Kier molecular flexibility index (Phi) is 5.16. The van der Waals surface area contributed by atoms with Crippen LogP contribution in [0, 0.1) is 17.1 Å². The second-order valence-corrected chi connectivity index (χ2v) is 4.11. The minimum Gasteiger partial charge on any atom is -0.384 e. The van der Waals surface area contributed by atoms with Gasteiger partial charge in [0.1, 0.15) is 5.82 Å². The molecule has 0 saturated carbocycles. The lowest BCUT2D eigenvalue weighted by molar-refractivity contribution is 0.218. The van der Waals surface area contributed by atoms with Crippen LogP contribution in [0.2, 0.25) is 0 Å². The van der Waals surface area contributed by atoms with Gasteiger partial charge in [0, 0.05) is 18.6 Å². The van der Waals surface area contributed by atoms with Gasteiger partial charge in [0.05, 0.1) is 18.2 Å². The van der Waals surface area contributed by atoms with Crippen molar-refractivity contribution in [1.29, 1.82) is 5.26 Å². The highest BCUT2D eigenvalue weighted by Gasteiger charge is 2.00. The van der Waals surface area contributed by atoms with Crippen molar-refractivity contribution in [3.05, 3.63) is 35.1 Å². The summed E-state index contributed by atoms with van der Waals surface area (Å²) in [5.41, 5.74) is 1.21. The number of benzene rings is 1. The Bertz CT molecular complexity index is 362. The van der Waals surface area contributed by atoms with Crippen LogP contribution in [-0.4, -0.2) is 19.5 Å². The Balaban J connectivity index is 2.54. The third kappa shape index (κ3) is 4.32. The highest BCUT2D eigenvalue weighted by atomic mass is 32.2. The highest BCUT2D eigenvalue weighted by molar-refractivity contribution is 7.98. The molecule has 0 aromatic heterocycles. The maximum absolute atomic E-state index is 13.0. The molecule has 0 N–H and O–H groups in total. The second kappa shape index (κ2) is 6.44. The molecule has 0 saturated heterocycles. The molecule has 0 bridgehead atoms. The lowest BCUT2D eigenvalue weighted by Crippen LogP contribution is -1.93. The summed E-state index contributed by atoms with van der Waals surface area (Å²) >= 11 is 1.66. The van der Waals surface area contributed by atoms with Gasteiger partial charge in [-0.2, -0.15) is 17.0 Å². The molecule has 0 spiro atoms. The number of thioether (sulfide) groups is 1. The molecule has 1 aromatic rings. The highest BCUT2D eigenvalue weighted by Crippen LogP contribution is 2.15. The lowest BCUT2D eigenvalue weighted by atomic mass is 10.1. The standard InChI is InChI=1S/C11H12FNOS/c1-14-2-3-15-8-10-4-9(7-13)5-11(12)6-10/h4-6H,2-3,8H2,1H3. The summed E-state index contributed by atoms with van der Waals surface area (Å²) in [7, 11) is 1.65. The van der Waals surface area contributed by atoms with Gasteiger partial charge in [0.2, 0.25) is 0 Å². The fourth-order valence-electron chi connectivity index (χ4n) is 1.13. The SMILES string of the molecule is COCCSCc1cc(F)cc(C#N)c1. The zero-order chi connectivity index (χ0) is 11.1. The van der Waals surface area contributed by atoms with E-state index < -0.39 is 0 Å². The fraction of sp³-hybridized carbons (Fsp3) is 0.364. The van der Waals surface area contributed by atoms with Crippen molar-refractivity contribution in [2.24, 2.45) is 0 Å². The number of hydrogen-bond donors (Lipinski definition) is 0. The number of nitrogens with zero attached hydrogens (tertiary/aromatic N) is 1. The van der Waals surface area contributed by atoms with Gasteiger partial charge in [0.25, 0.3) is 0 Å². The van der Waals surface area contributed by atoms with Crippen LogP contribution in [0.3, 0.4) is 0 Å². The van der Waals surface area contributed by atoms with E-state index in [9.17, 15) is 4.39 Å². The first-order valence-electron chi connectivity index (χ1n) is 4.52. The Labute approximate surface area is 93.1 Å². The first-order chi connectivity index (χ1) is 7.26. The molecule has 4 heteroatoms. The van der Waals surface area contributed by atoms with Crippen LogP contribution in [0.1, 0.15) is 11.1 Å². The molecule has 0 atom stereocenters. The Morgan fingerprint density at radius 1 is 1.47 bits per heavy atom. The van der Waals surface area contributed by atoms with Crippen molar-refractivity contribution >= 4 is 11.8 Å². The molecule has 0 heterocycles. The van der Waals surface area contributed by atoms with Crippen molar-refractivity contribution in [2.75, 3.05) is 19.5 Å². The molecule has 1 rings (SSSR count). The van der Waals surface area contributed by atoms with Crippen molar-refractivity contribution < 1.29 is 9.13 Å². The minimum absolute atomic E-state index is 0.351. The summed E-state index contributed by atoms with van der Waals surface area (Å²) in [6, 6.07) is 6.35. The van der Waals surface area contributed by atoms with Crippen LogP contribution in [-0.2, 0) is 10.5 Å². The number of halogens is 1. The molecule has 0 amide bonds. The van der Waals surface area contributed by atoms with Gasteiger partial charge in [-0.25, -0.2) is 4.39 Å². The number of hydrogen-bond acceptors (Lipinski definition) is 3. The Morgan fingerprint density at radius 2 is 2.27 bits per heavy atom. The van der Waals surface area contributed by atoms with E-state index in [0.717, 1.165) is 11.3 Å².